The van der Waals surface area contributed by atoms with Gasteiger partial charge in [-0.15, -0.1) is 0 Å². The first-order valence-electron chi connectivity index (χ1n) is 6.81. The minimum Gasteiger partial charge on any atom is -0.493 e. The molecule has 0 atom stereocenters. The summed E-state index contributed by atoms with van der Waals surface area (Å²) in [6.07, 6.45) is 0. The molecule has 2 rings (SSSR count). The molecule has 6 heteroatoms. The summed E-state index contributed by atoms with van der Waals surface area (Å²) in [4.78, 5) is 16.1. The summed E-state index contributed by atoms with van der Waals surface area (Å²) >= 11 is 0. The van der Waals surface area contributed by atoms with Crippen LogP contribution in [0.15, 0.2) is 18.2 Å². The van der Waals surface area contributed by atoms with E-state index in [9.17, 15) is 4.79 Å². The van der Waals surface area contributed by atoms with Gasteiger partial charge in [-0.05, 0) is 19.2 Å². The summed E-state index contributed by atoms with van der Waals surface area (Å²) in [5, 5.41) is 8.85. The predicted octanol–water partition coefficient (Wildman–Crippen LogP) is 0.720. The molecule has 1 heterocycles. The third-order valence-corrected chi connectivity index (χ3v) is 3.50. The number of nitriles is 1. The molecule has 0 N–H and O–H groups in total. The Labute approximate surface area is 124 Å². The zero-order chi connectivity index (χ0) is 15.2. The van der Waals surface area contributed by atoms with Crippen molar-refractivity contribution in [1.82, 2.24) is 9.80 Å². The Morgan fingerprint density at radius 1 is 1.29 bits per heavy atom. The lowest BCUT2D eigenvalue weighted by molar-refractivity contribution is -0.134. The van der Waals surface area contributed by atoms with Crippen LogP contribution in [-0.2, 0) is 4.79 Å². The van der Waals surface area contributed by atoms with Crippen LogP contribution in [0.3, 0.4) is 0 Å². The SMILES string of the molecule is COc1cc(C#N)ccc1OCC(=O)N1CCN(C)CC1. The van der Waals surface area contributed by atoms with Crippen molar-refractivity contribution in [2.24, 2.45) is 0 Å². The molecule has 0 unspecified atom stereocenters. The molecular weight excluding hydrogens is 270 g/mol. The highest BCUT2D eigenvalue weighted by atomic mass is 16.5. The second-order valence-electron chi connectivity index (χ2n) is 4.95. The Balaban J connectivity index is 1.93. The van der Waals surface area contributed by atoms with Gasteiger partial charge in [0.05, 0.1) is 18.7 Å². The second-order valence-corrected chi connectivity index (χ2v) is 4.95. The van der Waals surface area contributed by atoms with Crippen molar-refractivity contribution in [3.05, 3.63) is 23.8 Å². The number of piperazine rings is 1. The summed E-state index contributed by atoms with van der Waals surface area (Å²) < 4.78 is 10.7. The number of benzene rings is 1. The van der Waals surface area contributed by atoms with Crippen molar-refractivity contribution >= 4 is 5.91 Å². The van der Waals surface area contributed by atoms with E-state index in [1.165, 1.54) is 7.11 Å². The van der Waals surface area contributed by atoms with Gasteiger partial charge in [0.2, 0.25) is 0 Å². The smallest absolute Gasteiger partial charge is 0.260 e. The van der Waals surface area contributed by atoms with Crippen LogP contribution in [0.4, 0.5) is 0 Å². The van der Waals surface area contributed by atoms with Gasteiger partial charge in [0.1, 0.15) is 0 Å². The first-order chi connectivity index (χ1) is 10.1. The van der Waals surface area contributed by atoms with E-state index in [2.05, 4.69) is 4.90 Å². The minimum atomic E-state index is -0.0329. The molecule has 0 aromatic heterocycles. The van der Waals surface area contributed by atoms with E-state index >= 15 is 0 Å². The minimum absolute atomic E-state index is 0.0219. The van der Waals surface area contributed by atoms with E-state index in [0.29, 0.717) is 17.1 Å². The number of hydrogen-bond donors (Lipinski definition) is 0. The molecule has 1 fully saturated rings. The number of carbonyl (C=O) groups excluding carboxylic acids is 1. The van der Waals surface area contributed by atoms with Crippen molar-refractivity contribution in [2.45, 2.75) is 0 Å². The molecule has 1 saturated heterocycles. The van der Waals surface area contributed by atoms with Crippen LogP contribution in [0.5, 0.6) is 11.5 Å². The average Bonchev–Trinajstić information content (AvgIpc) is 2.53. The Bertz CT molecular complexity index is 546. The number of ether oxygens (including phenoxy) is 2. The van der Waals surface area contributed by atoms with Gasteiger partial charge < -0.3 is 19.3 Å². The number of hydrogen-bond acceptors (Lipinski definition) is 5. The highest BCUT2D eigenvalue weighted by molar-refractivity contribution is 5.78. The Morgan fingerprint density at radius 3 is 2.62 bits per heavy atom. The molecule has 1 aromatic rings. The van der Waals surface area contributed by atoms with Crippen LogP contribution >= 0.6 is 0 Å². The van der Waals surface area contributed by atoms with E-state index in [1.54, 1.807) is 23.1 Å². The lowest BCUT2D eigenvalue weighted by Gasteiger charge is -2.32. The van der Waals surface area contributed by atoms with Crippen molar-refractivity contribution in [2.75, 3.05) is 46.9 Å². The molecule has 1 aliphatic heterocycles. The molecule has 6 nitrogen and oxygen atoms in total. The largest absolute Gasteiger partial charge is 0.493 e. The quantitative estimate of drug-likeness (QED) is 0.817. The van der Waals surface area contributed by atoms with E-state index in [-0.39, 0.29) is 12.5 Å². The van der Waals surface area contributed by atoms with Crippen LogP contribution in [-0.4, -0.2) is 62.7 Å². The van der Waals surface area contributed by atoms with Crippen molar-refractivity contribution in [1.29, 1.82) is 5.26 Å². The molecule has 0 saturated carbocycles. The fraction of sp³-hybridized carbons (Fsp3) is 0.467. The van der Waals surface area contributed by atoms with Crippen molar-refractivity contribution < 1.29 is 14.3 Å². The van der Waals surface area contributed by atoms with Crippen LogP contribution < -0.4 is 9.47 Å². The van der Waals surface area contributed by atoms with E-state index in [0.717, 1.165) is 26.2 Å². The van der Waals surface area contributed by atoms with Crippen molar-refractivity contribution in [3.8, 4) is 17.6 Å². The van der Waals surface area contributed by atoms with Gasteiger partial charge >= 0.3 is 0 Å². The topological polar surface area (TPSA) is 65.8 Å². The summed E-state index contributed by atoms with van der Waals surface area (Å²) in [5.41, 5.74) is 0.490. The Hall–Kier alpha value is -2.26. The zero-order valence-corrected chi connectivity index (χ0v) is 12.3. The molecular formula is C15H19N3O3. The Morgan fingerprint density at radius 2 is 2.00 bits per heavy atom. The molecule has 1 aliphatic rings. The first-order valence-corrected chi connectivity index (χ1v) is 6.81. The monoisotopic (exact) mass is 289 g/mol. The average molecular weight is 289 g/mol. The maximum Gasteiger partial charge on any atom is 0.260 e. The number of rotatable bonds is 4. The van der Waals surface area contributed by atoms with Crippen molar-refractivity contribution in [3.63, 3.8) is 0 Å². The summed E-state index contributed by atoms with van der Waals surface area (Å²) in [5.74, 6) is 0.897. The first kappa shape index (κ1) is 15.1. The normalized spacial score (nSPS) is 15.4. The molecule has 0 radical (unpaired) electrons. The van der Waals surface area contributed by atoms with Crippen LogP contribution in [0.2, 0.25) is 0 Å². The molecule has 21 heavy (non-hydrogen) atoms. The maximum atomic E-state index is 12.1. The lowest BCUT2D eigenvalue weighted by atomic mass is 10.2. The van der Waals surface area contributed by atoms with Crippen LogP contribution in [0.1, 0.15) is 5.56 Å². The van der Waals surface area contributed by atoms with E-state index in [4.69, 9.17) is 14.7 Å². The summed E-state index contributed by atoms with van der Waals surface area (Å²) in [7, 11) is 3.55. The van der Waals surface area contributed by atoms with E-state index < -0.39 is 0 Å². The number of likely N-dealkylation sites (N-methyl/N-ethyl adjacent to an activating group) is 1. The van der Waals surface area contributed by atoms with Gasteiger partial charge in [0, 0.05) is 32.2 Å². The third-order valence-electron chi connectivity index (χ3n) is 3.50. The maximum absolute atomic E-state index is 12.1. The van der Waals surface area contributed by atoms with Gasteiger partial charge in [-0.25, -0.2) is 0 Å². The molecule has 0 spiro atoms. The zero-order valence-electron chi connectivity index (χ0n) is 12.3. The van der Waals surface area contributed by atoms with Crippen LogP contribution in [0.25, 0.3) is 0 Å². The third kappa shape index (κ3) is 3.86. The van der Waals surface area contributed by atoms with Gasteiger partial charge in [0.15, 0.2) is 18.1 Å². The fourth-order valence-electron chi connectivity index (χ4n) is 2.14. The van der Waals surface area contributed by atoms with Gasteiger partial charge in [-0.1, -0.05) is 0 Å². The molecule has 1 amide bonds. The predicted molar refractivity (Wildman–Crippen MR) is 77.3 cm³/mol. The molecule has 0 bridgehead atoms. The highest BCUT2D eigenvalue weighted by Crippen LogP contribution is 2.27. The molecule has 112 valence electrons. The standard InChI is InChI=1S/C15H19N3O3/c1-17-5-7-18(8-6-17)15(19)11-21-13-4-3-12(10-16)9-14(13)20-2/h3-4,9H,5-8,11H2,1-2H3. The van der Waals surface area contributed by atoms with Gasteiger partial charge in [-0.2, -0.15) is 5.26 Å². The van der Waals surface area contributed by atoms with Gasteiger partial charge in [0.25, 0.3) is 5.91 Å². The number of methoxy groups -OCH3 is 1. The second kappa shape index (κ2) is 6.95. The highest BCUT2D eigenvalue weighted by Gasteiger charge is 2.19. The number of carbonyl (C=O) groups is 1. The van der Waals surface area contributed by atoms with E-state index in [1.807, 2.05) is 13.1 Å². The summed E-state index contributed by atoms with van der Waals surface area (Å²) in [6, 6.07) is 6.91. The summed E-state index contributed by atoms with van der Waals surface area (Å²) in [6.45, 7) is 3.19. The Kier molecular flexibility index (Phi) is 5.01. The lowest BCUT2D eigenvalue weighted by Crippen LogP contribution is -2.48. The number of amides is 1. The molecule has 0 aliphatic carbocycles. The number of nitrogens with zero attached hydrogens (tertiary/aromatic N) is 3. The van der Waals surface area contributed by atoms with Crippen LogP contribution in [0, 0.1) is 11.3 Å². The van der Waals surface area contributed by atoms with Gasteiger partial charge in [-0.3, -0.25) is 4.79 Å². The fourth-order valence-corrected chi connectivity index (χ4v) is 2.14. The molecule has 1 aromatic carbocycles.